The van der Waals surface area contributed by atoms with E-state index in [9.17, 15) is 14.7 Å². The van der Waals surface area contributed by atoms with Crippen LogP contribution in [0.4, 0.5) is 10.5 Å². The molecule has 146 valence electrons. The topological polar surface area (TPSA) is 69.6 Å². The minimum Gasteiger partial charge on any atom is -0.465 e. The summed E-state index contributed by atoms with van der Waals surface area (Å²) in [6, 6.07) is 27.4. The summed E-state index contributed by atoms with van der Waals surface area (Å²) >= 11 is 0. The smallest absolute Gasteiger partial charge is 0.407 e. The maximum Gasteiger partial charge on any atom is 0.407 e. The third-order valence-electron chi connectivity index (χ3n) is 5.41. The lowest BCUT2D eigenvalue weighted by molar-refractivity contribution is -0.119. The Morgan fingerprint density at radius 2 is 1.38 bits per heavy atom. The van der Waals surface area contributed by atoms with Crippen LogP contribution in [0.1, 0.15) is 11.5 Å². The molecule has 0 radical (unpaired) electrons. The summed E-state index contributed by atoms with van der Waals surface area (Å²) in [7, 11) is 0. The molecule has 1 aliphatic rings. The van der Waals surface area contributed by atoms with Gasteiger partial charge in [0.2, 0.25) is 5.91 Å². The predicted molar refractivity (Wildman–Crippen MR) is 113 cm³/mol. The zero-order chi connectivity index (χ0) is 20.2. The molecule has 1 fully saturated rings. The average molecular weight is 386 g/mol. The number of carbonyl (C=O) groups is 2. The lowest BCUT2D eigenvalue weighted by Crippen LogP contribution is -2.30. The van der Waals surface area contributed by atoms with Crippen LogP contribution in [0.15, 0.2) is 84.9 Å². The summed E-state index contributed by atoms with van der Waals surface area (Å²) in [5.74, 6) is -0.742. The molecule has 2 atom stereocenters. The third-order valence-corrected chi connectivity index (χ3v) is 5.41. The van der Waals surface area contributed by atoms with Gasteiger partial charge in [-0.25, -0.2) is 4.79 Å². The lowest BCUT2D eigenvalue weighted by atomic mass is 9.88. The standard InChI is InChI=1S/C24H22N2O3/c27-23(25-20-13-11-18(12-14-20)17-7-3-1-4-8-17)22-16-26(24(28)29)15-21(22)19-9-5-2-6-10-19/h1-14,21-22H,15-16H2,(H,25,27)(H,28,29). The van der Waals surface area contributed by atoms with Crippen molar-refractivity contribution in [1.29, 1.82) is 0 Å². The maximum atomic E-state index is 13.0. The molecule has 0 saturated carbocycles. The van der Waals surface area contributed by atoms with Gasteiger partial charge in [-0.2, -0.15) is 0 Å². The highest BCUT2D eigenvalue weighted by Gasteiger charge is 2.40. The zero-order valence-corrected chi connectivity index (χ0v) is 15.9. The molecule has 2 unspecified atom stereocenters. The Hall–Kier alpha value is -3.60. The molecule has 29 heavy (non-hydrogen) atoms. The third kappa shape index (κ3) is 4.14. The minimum atomic E-state index is -0.992. The molecule has 5 heteroatoms. The van der Waals surface area contributed by atoms with Crippen LogP contribution in [0.3, 0.4) is 0 Å². The first kappa shape index (κ1) is 18.7. The number of hydrogen-bond donors (Lipinski definition) is 2. The zero-order valence-electron chi connectivity index (χ0n) is 15.9. The molecule has 0 spiro atoms. The number of amides is 2. The van der Waals surface area contributed by atoms with E-state index >= 15 is 0 Å². The van der Waals surface area contributed by atoms with Crippen molar-refractivity contribution >= 4 is 17.7 Å². The van der Waals surface area contributed by atoms with Gasteiger partial charge in [-0.05, 0) is 28.8 Å². The van der Waals surface area contributed by atoms with E-state index in [-0.39, 0.29) is 18.4 Å². The van der Waals surface area contributed by atoms with Crippen LogP contribution in [0.2, 0.25) is 0 Å². The molecule has 3 aromatic rings. The van der Waals surface area contributed by atoms with Gasteiger partial charge < -0.3 is 15.3 Å². The summed E-state index contributed by atoms with van der Waals surface area (Å²) in [5.41, 5.74) is 3.87. The number of benzene rings is 3. The predicted octanol–water partition coefficient (Wildman–Crippen LogP) is 4.69. The molecule has 0 aromatic heterocycles. The SMILES string of the molecule is O=C(Nc1ccc(-c2ccccc2)cc1)C1CN(C(=O)O)CC1c1ccccc1. The van der Waals surface area contributed by atoms with Gasteiger partial charge in [0.05, 0.1) is 5.92 Å². The second-order valence-electron chi connectivity index (χ2n) is 7.24. The Bertz CT molecular complexity index is 988. The summed E-state index contributed by atoms with van der Waals surface area (Å²) < 4.78 is 0. The molecule has 2 amide bonds. The number of likely N-dealkylation sites (tertiary alicyclic amines) is 1. The molecular formula is C24H22N2O3. The van der Waals surface area contributed by atoms with Crippen molar-refractivity contribution in [2.24, 2.45) is 5.92 Å². The van der Waals surface area contributed by atoms with Gasteiger partial charge in [0, 0.05) is 24.7 Å². The molecule has 1 heterocycles. The first-order valence-corrected chi connectivity index (χ1v) is 9.61. The van der Waals surface area contributed by atoms with Crippen molar-refractivity contribution in [3.63, 3.8) is 0 Å². The van der Waals surface area contributed by atoms with Gasteiger partial charge in [0.25, 0.3) is 0 Å². The van der Waals surface area contributed by atoms with Gasteiger partial charge in [0.15, 0.2) is 0 Å². The molecule has 5 nitrogen and oxygen atoms in total. The number of carboxylic acid groups (broad SMARTS) is 1. The van der Waals surface area contributed by atoms with Gasteiger partial charge >= 0.3 is 6.09 Å². The fourth-order valence-corrected chi connectivity index (χ4v) is 3.88. The summed E-state index contributed by atoms with van der Waals surface area (Å²) in [6.07, 6.45) is -0.992. The number of carbonyl (C=O) groups excluding carboxylic acids is 1. The lowest BCUT2D eigenvalue weighted by Gasteiger charge is -2.18. The number of nitrogens with one attached hydrogen (secondary N) is 1. The van der Waals surface area contributed by atoms with E-state index in [1.54, 1.807) is 0 Å². The van der Waals surface area contributed by atoms with E-state index in [4.69, 9.17) is 0 Å². The Labute approximate surface area is 169 Å². The Morgan fingerprint density at radius 3 is 2.00 bits per heavy atom. The second kappa shape index (κ2) is 8.19. The fourth-order valence-electron chi connectivity index (χ4n) is 3.88. The Morgan fingerprint density at radius 1 is 0.793 bits per heavy atom. The normalized spacial score (nSPS) is 18.4. The number of anilines is 1. The summed E-state index contributed by atoms with van der Waals surface area (Å²) in [4.78, 5) is 25.8. The first-order valence-electron chi connectivity index (χ1n) is 9.61. The monoisotopic (exact) mass is 386 g/mol. The highest BCUT2D eigenvalue weighted by Crippen LogP contribution is 2.33. The first-order chi connectivity index (χ1) is 14.1. The Kier molecular flexibility index (Phi) is 5.29. The van der Waals surface area contributed by atoms with Crippen molar-refractivity contribution in [3.8, 4) is 11.1 Å². The van der Waals surface area contributed by atoms with Gasteiger partial charge in [-0.1, -0.05) is 72.8 Å². The van der Waals surface area contributed by atoms with Crippen LogP contribution in [-0.2, 0) is 4.79 Å². The van der Waals surface area contributed by atoms with Gasteiger partial charge in [0.1, 0.15) is 0 Å². The molecule has 1 saturated heterocycles. The number of rotatable bonds is 4. The molecule has 0 aliphatic carbocycles. The largest absolute Gasteiger partial charge is 0.465 e. The van der Waals surface area contributed by atoms with E-state index in [1.165, 1.54) is 4.90 Å². The molecular weight excluding hydrogens is 364 g/mol. The highest BCUT2D eigenvalue weighted by molar-refractivity contribution is 5.94. The number of hydrogen-bond acceptors (Lipinski definition) is 2. The molecule has 3 aromatic carbocycles. The number of nitrogens with zero attached hydrogens (tertiary/aromatic N) is 1. The van der Waals surface area contributed by atoms with E-state index in [0.29, 0.717) is 12.2 Å². The molecule has 0 bridgehead atoms. The Balaban J connectivity index is 1.51. The summed E-state index contributed by atoms with van der Waals surface area (Å²) in [6.45, 7) is 0.521. The molecule has 2 N–H and O–H groups in total. The van der Waals surface area contributed by atoms with Crippen molar-refractivity contribution < 1.29 is 14.7 Å². The van der Waals surface area contributed by atoms with Crippen LogP contribution >= 0.6 is 0 Å². The van der Waals surface area contributed by atoms with Crippen molar-refractivity contribution in [2.45, 2.75) is 5.92 Å². The highest BCUT2D eigenvalue weighted by atomic mass is 16.4. The van der Waals surface area contributed by atoms with Crippen LogP contribution < -0.4 is 5.32 Å². The van der Waals surface area contributed by atoms with Crippen LogP contribution in [0, 0.1) is 5.92 Å². The van der Waals surface area contributed by atoms with Gasteiger partial charge in [-0.15, -0.1) is 0 Å². The van der Waals surface area contributed by atoms with Crippen LogP contribution in [0.25, 0.3) is 11.1 Å². The van der Waals surface area contributed by atoms with E-state index in [2.05, 4.69) is 5.32 Å². The van der Waals surface area contributed by atoms with Crippen molar-refractivity contribution in [1.82, 2.24) is 4.90 Å². The average Bonchev–Trinajstić information content (AvgIpc) is 3.22. The molecule has 1 aliphatic heterocycles. The van der Waals surface area contributed by atoms with E-state index < -0.39 is 12.0 Å². The minimum absolute atomic E-state index is 0.157. The summed E-state index contributed by atoms with van der Waals surface area (Å²) in [5, 5.41) is 12.4. The van der Waals surface area contributed by atoms with Crippen molar-refractivity contribution in [3.05, 3.63) is 90.5 Å². The van der Waals surface area contributed by atoms with Crippen LogP contribution in [0.5, 0.6) is 0 Å². The van der Waals surface area contributed by atoms with Gasteiger partial charge in [-0.3, -0.25) is 4.79 Å². The van der Waals surface area contributed by atoms with Crippen LogP contribution in [-0.4, -0.2) is 35.1 Å². The van der Waals surface area contributed by atoms with E-state index in [1.807, 2.05) is 84.9 Å². The maximum absolute atomic E-state index is 13.0. The molecule has 4 rings (SSSR count). The van der Waals surface area contributed by atoms with Crippen molar-refractivity contribution in [2.75, 3.05) is 18.4 Å². The van der Waals surface area contributed by atoms with E-state index in [0.717, 1.165) is 16.7 Å². The second-order valence-corrected chi connectivity index (χ2v) is 7.24. The quantitative estimate of drug-likeness (QED) is 0.684. The fraction of sp³-hybridized carbons (Fsp3) is 0.167.